The molecule has 0 fully saturated rings. The van der Waals surface area contributed by atoms with Gasteiger partial charge in [-0.1, -0.05) is 30.3 Å². The zero-order chi connectivity index (χ0) is 21.3. The van der Waals surface area contributed by atoms with Gasteiger partial charge in [-0.15, -0.1) is 0 Å². The minimum Gasteiger partial charge on any atom is -0.497 e. The van der Waals surface area contributed by atoms with Crippen molar-refractivity contribution in [2.24, 2.45) is 0 Å². The number of aromatic nitrogens is 1. The fourth-order valence-electron chi connectivity index (χ4n) is 2.86. The van der Waals surface area contributed by atoms with Gasteiger partial charge in [0.15, 0.2) is 0 Å². The van der Waals surface area contributed by atoms with E-state index in [1.165, 1.54) is 13.3 Å². The second-order valence-corrected chi connectivity index (χ2v) is 6.49. The van der Waals surface area contributed by atoms with Gasteiger partial charge in [0.1, 0.15) is 24.2 Å². The lowest BCUT2D eigenvalue weighted by atomic mass is 10.1. The molecule has 1 heterocycles. The molecule has 0 aliphatic carbocycles. The van der Waals surface area contributed by atoms with Crippen molar-refractivity contribution in [1.82, 2.24) is 10.3 Å². The van der Waals surface area contributed by atoms with E-state index in [-0.39, 0.29) is 12.5 Å². The molecule has 0 spiro atoms. The lowest BCUT2D eigenvalue weighted by Gasteiger charge is -2.16. The number of ether oxygens (including phenoxy) is 3. The maximum Gasteiger partial charge on any atom is 0.251 e. The van der Waals surface area contributed by atoms with Crippen LogP contribution in [0.3, 0.4) is 0 Å². The average Bonchev–Trinajstić information content (AvgIpc) is 2.81. The standard InChI is InChI=1S/C23H24N2O5/c1-28-18-8-9-21(29-2)19(13-18)20(26)14-25-23(27)17-10-11-24-22(12-17)30-15-16-6-4-3-5-7-16/h3-13,20,26H,14-15H2,1-2H3,(H,25,27). The molecule has 2 aromatic carbocycles. The van der Waals surface area contributed by atoms with Crippen LogP contribution in [0.4, 0.5) is 0 Å². The molecule has 0 aliphatic heterocycles. The maximum atomic E-state index is 12.5. The number of pyridine rings is 1. The van der Waals surface area contributed by atoms with E-state index >= 15 is 0 Å². The van der Waals surface area contributed by atoms with Crippen LogP contribution in [-0.4, -0.2) is 36.8 Å². The third kappa shape index (κ3) is 5.48. The molecule has 0 saturated carbocycles. The highest BCUT2D eigenvalue weighted by Crippen LogP contribution is 2.29. The normalized spacial score (nSPS) is 11.4. The van der Waals surface area contributed by atoms with E-state index in [2.05, 4.69) is 10.3 Å². The zero-order valence-corrected chi connectivity index (χ0v) is 16.9. The Labute approximate surface area is 175 Å². The summed E-state index contributed by atoms with van der Waals surface area (Å²) in [4.78, 5) is 16.7. The Morgan fingerprint density at radius 1 is 1.07 bits per heavy atom. The summed E-state index contributed by atoms with van der Waals surface area (Å²) in [6, 6.07) is 18.0. The Bertz CT molecular complexity index is 978. The third-order valence-electron chi connectivity index (χ3n) is 4.48. The predicted octanol–water partition coefficient (Wildman–Crippen LogP) is 3.14. The van der Waals surface area contributed by atoms with Crippen LogP contribution in [0.2, 0.25) is 0 Å². The summed E-state index contributed by atoms with van der Waals surface area (Å²) in [6.07, 6.45) is 0.547. The van der Waals surface area contributed by atoms with Crippen LogP contribution < -0.4 is 19.5 Å². The number of hydrogen-bond acceptors (Lipinski definition) is 6. The molecule has 0 radical (unpaired) electrons. The quantitative estimate of drug-likeness (QED) is 0.565. The van der Waals surface area contributed by atoms with E-state index in [1.54, 1.807) is 37.4 Å². The minimum absolute atomic E-state index is 0.00485. The predicted molar refractivity (Wildman–Crippen MR) is 112 cm³/mol. The first-order valence-corrected chi connectivity index (χ1v) is 9.41. The molecule has 1 unspecified atom stereocenters. The molecular formula is C23H24N2O5. The van der Waals surface area contributed by atoms with E-state index in [9.17, 15) is 9.90 Å². The highest BCUT2D eigenvalue weighted by molar-refractivity contribution is 5.94. The molecule has 0 bridgehead atoms. The molecule has 2 N–H and O–H groups in total. The van der Waals surface area contributed by atoms with E-state index in [0.29, 0.717) is 35.1 Å². The Hall–Kier alpha value is -3.58. The topological polar surface area (TPSA) is 89.9 Å². The number of aliphatic hydroxyl groups is 1. The first-order chi connectivity index (χ1) is 14.6. The molecule has 7 heteroatoms. The van der Waals surface area contributed by atoms with E-state index in [0.717, 1.165) is 5.56 Å². The average molecular weight is 408 g/mol. The monoisotopic (exact) mass is 408 g/mol. The molecule has 7 nitrogen and oxygen atoms in total. The molecule has 30 heavy (non-hydrogen) atoms. The van der Waals surface area contributed by atoms with Gasteiger partial charge in [0, 0.05) is 29.9 Å². The summed E-state index contributed by atoms with van der Waals surface area (Å²) in [5.74, 6) is 1.10. The van der Waals surface area contributed by atoms with Crippen molar-refractivity contribution >= 4 is 5.91 Å². The number of carbonyl (C=O) groups is 1. The van der Waals surface area contributed by atoms with Gasteiger partial charge in [-0.2, -0.15) is 0 Å². The van der Waals surface area contributed by atoms with Crippen LogP contribution >= 0.6 is 0 Å². The first kappa shape index (κ1) is 21.1. The van der Waals surface area contributed by atoms with Crippen LogP contribution in [-0.2, 0) is 6.61 Å². The Morgan fingerprint density at radius 3 is 2.60 bits per heavy atom. The summed E-state index contributed by atoms with van der Waals surface area (Å²) < 4.78 is 16.1. The SMILES string of the molecule is COc1ccc(OC)c(C(O)CNC(=O)c2ccnc(OCc3ccccc3)c2)c1. The molecule has 1 aromatic heterocycles. The maximum absolute atomic E-state index is 12.5. The summed E-state index contributed by atoms with van der Waals surface area (Å²) >= 11 is 0. The number of carbonyl (C=O) groups excluding carboxylic acids is 1. The molecule has 3 rings (SSSR count). The van der Waals surface area contributed by atoms with Crippen LogP contribution in [0, 0.1) is 0 Å². The molecule has 0 saturated heterocycles. The molecular weight excluding hydrogens is 384 g/mol. The molecule has 1 atom stereocenters. The number of amides is 1. The van der Waals surface area contributed by atoms with Crippen LogP contribution in [0.25, 0.3) is 0 Å². The summed E-state index contributed by atoms with van der Waals surface area (Å²) in [7, 11) is 3.06. The molecule has 0 aliphatic rings. The van der Waals surface area contributed by atoms with Gasteiger partial charge in [-0.3, -0.25) is 4.79 Å². The van der Waals surface area contributed by atoms with Crippen molar-refractivity contribution in [1.29, 1.82) is 0 Å². The van der Waals surface area contributed by atoms with Gasteiger partial charge in [0.25, 0.3) is 5.91 Å². The molecule has 1 amide bonds. The Kier molecular flexibility index (Phi) is 7.24. The van der Waals surface area contributed by atoms with Crippen LogP contribution in [0.15, 0.2) is 66.9 Å². The summed E-state index contributed by atoms with van der Waals surface area (Å²) in [5, 5.41) is 13.2. The van der Waals surface area contributed by atoms with Gasteiger partial charge in [-0.25, -0.2) is 4.98 Å². The lowest BCUT2D eigenvalue weighted by Crippen LogP contribution is -2.28. The number of hydrogen-bond donors (Lipinski definition) is 2. The van der Waals surface area contributed by atoms with Crippen molar-refractivity contribution < 1.29 is 24.1 Å². The van der Waals surface area contributed by atoms with Gasteiger partial charge in [0.05, 0.1) is 14.2 Å². The highest BCUT2D eigenvalue weighted by Gasteiger charge is 2.16. The second kappa shape index (κ2) is 10.3. The van der Waals surface area contributed by atoms with Crippen molar-refractivity contribution in [3.63, 3.8) is 0 Å². The zero-order valence-electron chi connectivity index (χ0n) is 16.9. The van der Waals surface area contributed by atoms with Gasteiger partial charge >= 0.3 is 0 Å². The number of benzene rings is 2. The van der Waals surface area contributed by atoms with E-state index < -0.39 is 6.10 Å². The van der Waals surface area contributed by atoms with E-state index in [1.807, 2.05) is 30.3 Å². The number of rotatable bonds is 9. The first-order valence-electron chi connectivity index (χ1n) is 9.41. The fourth-order valence-corrected chi connectivity index (χ4v) is 2.86. The molecule has 3 aromatic rings. The smallest absolute Gasteiger partial charge is 0.251 e. The van der Waals surface area contributed by atoms with Crippen molar-refractivity contribution in [2.45, 2.75) is 12.7 Å². The second-order valence-electron chi connectivity index (χ2n) is 6.49. The minimum atomic E-state index is -0.963. The summed E-state index contributed by atoms with van der Waals surface area (Å²) in [6.45, 7) is 0.359. The number of nitrogens with zero attached hydrogens (tertiary/aromatic N) is 1. The highest BCUT2D eigenvalue weighted by atomic mass is 16.5. The van der Waals surface area contributed by atoms with Crippen molar-refractivity contribution in [3.8, 4) is 17.4 Å². The van der Waals surface area contributed by atoms with E-state index in [4.69, 9.17) is 14.2 Å². The number of methoxy groups -OCH3 is 2. The Morgan fingerprint density at radius 2 is 1.87 bits per heavy atom. The van der Waals surface area contributed by atoms with Gasteiger partial charge in [-0.05, 0) is 29.8 Å². The molecule has 156 valence electrons. The third-order valence-corrected chi connectivity index (χ3v) is 4.48. The number of nitrogens with one attached hydrogen (secondary N) is 1. The Balaban J connectivity index is 1.61. The van der Waals surface area contributed by atoms with Crippen molar-refractivity contribution in [2.75, 3.05) is 20.8 Å². The number of aliphatic hydroxyl groups excluding tert-OH is 1. The summed E-state index contributed by atoms with van der Waals surface area (Å²) in [5.41, 5.74) is 1.92. The fraction of sp³-hybridized carbons (Fsp3) is 0.217. The van der Waals surface area contributed by atoms with Crippen LogP contribution in [0.1, 0.15) is 27.6 Å². The van der Waals surface area contributed by atoms with Crippen LogP contribution in [0.5, 0.6) is 17.4 Å². The largest absolute Gasteiger partial charge is 0.497 e. The van der Waals surface area contributed by atoms with Gasteiger partial charge in [0.2, 0.25) is 5.88 Å². The van der Waals surface area contributed by atoms with Gasteiger partial charge < -0.3 is 24.6 Å². The lowest BCUT2D eigenvalue weighted by molar-refractivity contribution is 0.0914. The van der Waals surface area contributed by atoms with Crippen molar-refractivity contribution in [3.05, 3.63) is 83.6 Å².